The van der Waals surface area contributed by atoms with Crippen LogP contribution in [0.25, 0.3) is 0 Å². The third-order valence-corrected chi connectivity index (χ3v) is 4.05. The molecule has 0 aliphatic carbocycles. The Labute approximate surface area is 124 Å². The van der Waals surface area contributed by atoms with Crippen LogP contribution >= 0.6 is 0 Å². The molecule has 0 saturated carbocycles. The van der Waals surface area contributed by atoms with Gasteiger partial charge in [-0.15, -0.1) is 0 Å². The molecule has 0 bridgehead atoms. The maximum atomic E-state index is 13.3. The van der Waals surface area contributed by atoms with E-state index in [0.29, 0.717) is 5.56 Å². The highest BCUT2D eigenvalue weighted by molar-refractivity contribution is 5.94. The van der Waals surface area contributed by atoms with E-state index >= 15 is 0 Å². The minimum atomic E-state index is -0.369. The van der Waals surface area contributed by atoms with Gasteiger partial charge in [0.05, 0.1) is 6.04 Å². The lowest BCUT2D eigenvalue weighted by Gasteiger charge is -2.25. The summed E-state index contributed by atoms with van der Waals surface area (Å²) in [7, 11) is 0. The Morgan fingerprint density at radius 1 is 1.19 bits per heavy atom. The summed E-state index contributed by atoms with van der Waals surface area (Å²) in [6, 6.07) is 14.3. The van der Waals surface area contributed by atoms with Crippen molar-refractivity contribution in [2.75, 3.05) is 6.54 Å². The molecule has 3 rings (SSSR count). The zero-order valence-corrected chi connectivity index (χ0v) is 12.1. The summed E-state index contributed by atoms with van der Waals surface area (Å²) in [4.78, 5) is 14.5. The molecule has 2 aromatic carbocycles. The summed E-state index contributed by atoms with van der Waals surface area (Å²) in [5, 5.41) is 0. The quantitative estimate of drug-likeness (QED) is 0.812. The Morgan fingerprint density at radius 3 is 2.67 bits per heavy atom. The van der Waals surface area contributed by atoms with Crippen molar-refractivity contribution in [1.29, 1.82) is 0 Å². The van der Waals surface area contributed by atoms with E-state index in [0.717, 1.165) is 24.9 Å². The van der Waals surface area contributed by atoms with Gasteiger partial charge >= 0.3 is 0 Å². The minimum absolute atomic E-state index is 0.0856. The zero-order chi connectivity index (χ0) is 14.8. The largest absolute Gasteiger partial charge is 0.332 e. The number of aryl methyl sites for hydroxylation is 1. The van der Waals surface area contributed by atoms with Gasteiger partial charge in [0.15, 0.2) is 0 Å². The van der Waals surface area contributed by atoms with E-state index in [1.807, 2.05) is 11.8 Å². The van der Waals surface area contributed by atoms with Crippen LogP contribution in [0.4, 0.5) is 4.39 Å². The lowest BCUT2D eigenvalue weighted by Crippen LogP contribution is -2.30. The molecule has 2 nitrogen and oxygen atoms in total. The van der Waals surface area contributed by atoms with Crippen molar-refractivity contribution in [3.8, 4) is 0 Å². The molecule has 0 spiro atoms. The Bertz CT molecular complexity index is 651. The first-order chi connectivity index (χ1) is 10.1. The fourth-order valence-electron chi connectivity index (χ4n) is 2.93. The van der Waals surface area contributed by atoms with Gasteiger partial charge in [-0.05, 0) is 43.5 Å². The number of hydrogen-bond donors (Lipinski definition) is 0. The second-order valence-electron chi connectivity index (χ2n) is 5.58. The summed E-state index contributed by atoms with van der Waals surface area (Å²) < 4.78 is 13.3. The molecule has 1 amide bonds. The van der Waals surface area contributed by atoms with E-state index in [2.05, 4.69) is 24.3 Å². The number of halogens is 1. The molecular weight excluding hydrogens is 265 g/mol. The SMILES string of the molecule is Cc1ccc(C2CCCN2C(=O)c2cccc(F)c2)cc1. The van der Waals surface area contributed by atoms with E-state index in [1.54, 1.807) is 12.1 Å². The highest BCUT2D eigenvalue weighted by Gasteiger charge is 2.30. The number of amides is 1. The van der Waals surface area contributed by atoms with E-state index in [4.69, 9.17) is 0 Å². The van der Waals surface area contributed by atoms with Crippen molar-refractivity contribution in [2.45, 2.75) is 25.8 Å². The Kier molecular flexibility index (Phi) is 3.74. The van der Waals surface area contributed by atoms with Crippen LogP contribution < -0.4 is 0 Å². The van der Waals surface area contributed by atoms with Gasteiger partial charge in [-0.3, -0.25) is 4.79 Å². The van der Waals surface area contributed by atoms with E-state index in [-0.39, 0.29) is 17.8 Å². The van der Waals surface area contributed by atoms with Gasteiger partial charge in [0.2, 0.25) is 0 Å². The molecule has 2 aromatic rings. The van der Waals surface area contributed by atoms with Crippen molar-refractivity contribution in [3.05, 3.63) is 71.0 Å². The number of rotatable bonds is 2. The lowest BCUT2D eigenvalue weighted by atomic mass is 10.0. The topological polar surface area (TPSA) is 20.3 Å². The summed E-state index contributed by atoms with van der Waals surface area (Å²) in [5.41, 5.74) is 2.79. The first-order valence-electron chi connectivity index (χ1n) is 7.28. The summed E-state index contributed by atoms with van der Waals surface area (Å²) in [6.45, 7) is 2.78. The van der Waals surface area contributed by atoms with Gasteiger partial charge < -0.3 is 4.90 Å². The minimum Gasteiger partial charge on any atom is -0.332 e. The van der Waals surface area contributed by atoms with E-state index in [1.165, 1.54) is 17.7 Å². The van der Waals surface area contributed by atoms with Crippen molar-refractivity contribution >= 4 is 5.91 Å². The average molecular weight is 283 g/mol. The van der Waals surface area contributed by atoms with Gasteiger partial charge in [-0.25, -0.2) is 4.39 Å². The van der Waals surface area contributed by atoms with Crippen molar-refractivity contribution in [1.82, 2.24) is 4.90 Å². The average Bonchev–Trinajstić information content (AvgIpc) is 2.96. The van der Waals surface area contributed by atoms with Crippen molar-refractivity contribution in [3.63, 3.8) is 0 Å². The van der Waals surface area contributed by atoms with E-state index < -0.39 is 0 Å². The van der Waals surface area contributed by atoms with Crippen LogP contribution in [-0.2, 0) is 0 Å². The summed E-state index contributed by atoms with van der Waals surface area (Å²) in [5.74, 6) is -0.454. The number of hydrogen-bond acceptors (Lipinski definition) is 1. The zero-order valence-electron chi connectivity index (χ0n) is 12.1. The van der Waals surface area contributed by atoms with Gasteiger partial charge in [0.1, 0.15) is 5.82 Å². The first kappa shape index (κ1) is 13.8. The standard InChI is InChI=1S/C18H18FNO/c1-13-7-9-14(10-8-13)17-6-3-11-20(17)18(21)15-4-2-5-16(19)12-15/h2,4-5,7-10,12,17H,3,6,11H2,1H3. The second-order valence-corrected chi connectivity index (χ2v) is 5.58. The lowest BCUT2D eigenvalue weighted by molar-refractivity contribution is 0.0735. The second kappa shape index (κ2) is 5.68. The maximum absolute atomic E-state index is 13.3. The molecule has 0 N–H and O–H groups in total. The van der Waals surface area contributed by atoms with Crippen LogP contribution in [0, 0.1) is 12.7 Å². The van der Waals surface area contributed by atoms with Crippen LogP contribution in [0.15, 0.2) is 48.5 Å². The molecule has 1 aliphatic rings. The Hall–Kier alpha value is -2.16. The van der Waals surface area contributed by atoms with Gasteiger partial charge in [-0.1, -0.05) is 35.9 Å². The fraction of sp³-hybridized carbons (Fsp3) is 0.278. The number of carbonyl (C=O) groups excluding carboxylic acids is 1. The van der Waals surface area contributed by atoms with Crippen LogP contribution in [0.5, 0.6) is 0 Å². The highest BCUT2D eigenvalue weighted by Crippen LogP contribution is 2.33. The third-order valence-electron chi connectivity index (χ3n) is 4.05. The number of benzene rings is 2. The molecule has 1 heterocycles. The number of nitrogens with zero attached hydrogens (tertiary/aromatic N) is 1. The van der Waals surface area contributed by atoms with Crippen molar-refractivity contribution in [2.24, 2.45) is 0 Å². The number of carbonyl (C=O) groups is 1. The highest BCUT2D eigenvalue weighted by atomic mass is 19.1. The monoisotopic (exact) mass is 283 g/mol. The maximum Gasteiger partial charge on any atom is 0.254 e. The molecule has 0 radical (unpaired) electrons. The molecule has 21 heavy (non-hydrogen) atoms. The van der Waals surface area contributed by atoms with Crippen LogP contribution in [0.1, 0.15) is 40.4 Å². The molecule has 0 aromatic heterocycles. The fourth-order valence-corrected chi connectivity index (χ4v) is 2.93. The molecule has 1 fully saturated rings. The van der Waals surface area contributed by atoms with Crippen molar-refractivity contribution < 1.29 is 9.18 Å². The predicted octanol–water partition coefficient (Wildman–Crippen LogP) is 4.11. The Morgan fingerprint density at radius 2 is 1.95 bits per heavy atom. The van der Waals surface area contributed by atoms with Crippen LogP contribution in [0.3, 0.4) is 0 Å². The predicted molar refractivity (Wildman–Crippen MR) is 80.6 cm³/mol. The number of likely N-dealkylation sites (tertiary alicyclic amines) is 1. The molecule has 1 unspecified atom stereocenters. The van der Waals surface area contributed by atoms with Crippen LogP contribution in [0.2, 0.25) is 0 Å². The molecule has 108 valence electrons. The first-order valence-corrected chi connectivity index (χ1v) is 7.28. The molecular formula is C18H18FNO. The third kappa shape index (κ3) is 2.82. The van der Waals surface area contributed by atoms with Gasteiger partial charge in [0, 0.05) is 12.1 Å². The molecule has 3 heteroatoms. The Balaban J connectivity index is 1.87. The summed E-state index contributed by atoms with van der Waals surface area (Å²) in [6.07, 6.45) is 1.95. The van der Waals surface area contributed by atoms with Gasteiger partial charge in [-0.2, -0.15) is 0 Å². The van der Waals surface area contributed by atoms with Gasteiger partial charge in [0.25, 0.3) is 5.91 Å². The summed E-state index contributed by atoms with van der Waals surface area (Å²) >= 11 is 0. The normalized spacial score (nSPS) is 18.0. The smallest absolute Gasteiger partial charge is 0.254 e. The molecule has 1 aliphatic heterocycles. The van der Waals surface area contributed by atoms with Crippen LogP contribution in [-0.4, -0.2) is 17.4 Å². The molecule has 1 saturated heterocycles. The van der Waals surface area contributed by atoms with E-state index in [9.17, 15) is 9.18 Å². The molecule has 1 atom stereocenters.